The molecular weight excluding hydrogens is 329 g/mol. The summed E-state index contributed by atoms with van der Waals surface area (Å²) in [5.41, 5.74) is 8.21. The van der Waals surface area contributed by atoms with Crippen molar-refractivity contribution in [2.75, 3.05) is 19.6 Å². The molecule has 5 heteroatoms. The predicted octanol–water partition coefficient (Wildman–Crippen LogP) is 3.02. The summed E-state index contributed by atoms with van der Waals surface area (Å²) in [4.78, 5) is 2.44. The van der Waals surface area contributed by atoms with E-state index < -0.39 is 5.82 Å². The number of hydrogen-bond acceptors (Lipinski definition) is 4. The molecule has 0 spiro atoms. The molecule has 4 rings (SSSR count). The van der Waals surface area contributed by atoms with Gasteiger partial charge in [-0.05, 0) is 55.1 Å². The Hall–Kier alpha value is -2.42. The highest BCUT2D eigenvalue weighted by atomic mass is 19.1. The van der Waals surface area contributed by atoms with Gasteiger partial charge in [-0.1, -0.05) is 30.3 Å². The standard InChI is InChI=1S/C21H22FN3O/c22-18-6-3-7-20(17(18)12-24)26-21-16-5-2-1-4-15(16)10-19(21)25-9-8-14(11-23)13-25/h1-7,14,19,21H,8-11,13,23H2. The minimum atomic E-state index is -0.544. The number of benzene rings is 2. The van der Waals surface area contributed by atoms with E-state index in [0.29, 0.717) is 18.2 Å². The van der Waals surface area contributed by atoms with Gasteiger partial charge in [0.2, 0.25) is 0 Å². The van der Waals surface area contributed by atoms with E-state index in [9.17, 15) is 9.65 Å². The van der Waals surface area contributed by atoms with Gasteiger partial charge in [0.1, 0.15) is 29.3 Å². The van der Waals surface area contributed by atoms with Crippen LogP contribution in [0.3, 0.4) is 0 Å². The molecule has 26 heavy (non-hydrogen) atoms. The maximum atomic E-state index is 14.0. The van der Waals surface area contributed by atoms with Crippen molar-refractivity contribution in [3.05, 3.63) is 65.0 Å². The Bertz CT molecular complexity index is 847. The van der Waals surface area contributed by atoms with E-state index in [-0.39, 0.29) is 17.7 Å². The maximum Gasteiger partial charge on any atom is 0.144 e. The molecule has 3 atom stereocenters. The van der Waals surface area contributed by atoms with Crippen LogP contribution in [0.5, 0.6) is 5.75 Å². The molecule has 2 aromatic carbocycles. The lowest BCUT2D eigenvalue weighted by Crippen LogP contribution is -2.39. The van der Waals surface area contributed by atoms with E-state index >= 15 is 0 Å². The van der Waals surface area contributed by atoms with Crippen LogP contribution < -0.4 is 10.5 Å². The summed E-state index contributed by atoms with van der Waals surface area (Å²) in [7, 11) is 0. The van der Waals surface area contributed by atoms with Gasteiger partial charge < -0.3 is 10.5 Å². The molecular formula is C21H22FN3O. The number of ether oxygens (including phenoxy) is 1. The van der Waals surface area contributed by atoms with E-state index in [0.717, 1.165) is 31.5 Å². The first-order valence-corrected chi connectivity index (χ1v) is 9.08. The third-order valence-electron chi connectivity index (χ3n) is 5.60. The van der Waals surface area contributed by atoms with E-state index in [1.807, 2.05) is 18.2 Å². The average Bonchev–Trinajstić information content (AvgIpc) is 3.27. The van der Waals surface area contributed by atoms with E-state index in [2.05, 4.69) is 17.0 Å². The number of rotatable bonds is 4. The lowest BCUT2D eigenvalue weighted by Gasteiger charge is -2.30. The van der Waals surface area contributed by atoms with Crippen molar-refractivity contribution in [1.29, 1.82) is 5.26 Å². The Morgan fingerprint density at radius 1 is 1.23 bits per heavy atom. The molecule has 0 saturated carbocycles. The number of hydrogen-bond donors (Lipinski definition) is 1. The third kappa shape index (κ3) is 2.96. The van der Waals surface area contributed by atoms with Crippen LogP contribution in [-0.4, -0.2) is 30.6 Å². The van der Waals surface area contributed by atoms with Crippen molar-refractivity contribution >= 4 is 0 Å². The van der Waals surface area contributed by atoms with Crippen molar-refractivity contribution in [3.63, 3.8) is 0 Å². The Labute approximate surface area is 153 Å². The van der Waals surface area contributed by atoms with Crippen molar-refractivity contribution in [3.8, 4) is 11.8 Å². The van der Waals surface area contributed by atoms with Crippen LogP contribution in [0, 0.1) is 23.1 Å². The fourth-order valence-corrected chi connectivity index (χ4v) is 4.20. The highest BCUT2D eigenvalue weighted by Crippen LogP contribution is 2.40. The molecule has 1 aliphatic carbocycles. The SMILES string of the molecule is N#Cc1c(F)cccc1OC1c2ccccc2CC1N1CCC(CN)C1. The van der Waals surface area contributed by atoms with Gasteiger partial charge >= 0.3 is 0 Å². The first-order chi connectivity index (χ1) is 12.7. The zero-order chi connectivity index (χ0) is 18.1. The van der Waals surface area contributed by atoms with E-state index in [4.69, 9.17) is 10.5 Å². The summed E-state index contributed by atoms with van der Waals surface area (Å²) in [6.45, 7) is 2.65. The smallest absolute Gasteiger partial charge is 0.144 e. The Morgan fingerprint density at radius 3 is 2.85 bits per heavy atom. The van der Waals surface area contributed by atoms with Crippen molar-refractivity contribution in [1.82, 2.24) is 4.90 Å². The molecule has 2 aromatic rings. The zero-order valence-electron chi connectivity index (χ0n) is 14.6. The van der Waals surface area contributed by atoms with Crippen LogP contribution >= 0.6 is 0 Å². The lowest BCUT2D eigenvalue weighted by atomic mass is 10.1. The first kappa shape index (κ1) is 17.0. The third-order valence-corrected chi connectivity index (χ3v) is 5.60. The van der Waals surface area contributed by atoms with Gasteiger partial charge in [0, 0.05) is 6.54 Å². The number of nitriles is 1. The summed E-state index contributed by atoms with van der Waals surface area (Å²) in [6.07, 6.45) is 1.78. The quantitative estimate of drug-likeness (QED) is 0.920. The van der Waals surface area contributed by atoms with Crippen LogP contribution in [-0.2, 0) is 6.42 Å². The van der Waals surface area contributed by atoms with Crippen LogP contribution in [0.25, 0.3) is 0 Å². The van der Waals surface area contributed by atoms with E-state index in [1.165, 1.54) is 11.6 Å². The number of halogens is 1. The minimum absolute atomic E-state index is 0.0307. The molecule has 1 saturated heterocycles. The molecule has 4 nitrogen and oxygen atoms in total. The summed E-state index contributed by atoms with van der Waals surface area (Å²) in [5.74, 6) is 0.286. The Kier molecular flexibility index (Phi) is 4.62. The largest absolute Gasteiger partial charge is 0.483 e. The van der Waals surface area contributed by atoms with Crippen LogP contribution in [0.2, 0.25) is 0 Å². The molecule has 134 valence electrons. The topological polar surface area (TPSA) is 62.3 Å². The Balaban J connectivity index is 1.67. The van der Waals surface area contributed by atoms with Crippen molar-refractivity contribution in [2.24, 2.45) is 11.7 Å². The van der Waals surface area contributed by atoms with Crippen LogP contribution in [0.1, 0.15) is 29.2 Å². The van der Waals surface area contributed by atoms with Gasteiger partial charge in [0.05, 0.1) is 6.04 Å². The molecule has 0 aromatic heterocycles. The van der Waals surface area contributed by atoms with Gasteiger partial charge in [-0.2, -0.15) is 5.26 Å². The van der Waals surface area contributed by atoms with E-state index in [1.54, 1.807) is 12.1 Å². The van der Waals surface area contributed by atoms with Gasteiger partial charge in [-0.15, -0.1) is 0 Å². The molecule has 1 heterocycles. The first-order valence-electron chi connectivity index (χ1n) is 9.08. The molecule has 2 aliphatic rings. The molecule has 2 N–H and O–H groups in total. The van der Waals surface area contributed by atoms with Gasteiger partial charge in [0.15, 0.2) is 0 Å². The number of nitrogens with zero attached hydrogens (tertiary/aromatic N) is 2. The highest BCUT2D eigenvalue weighted by molar-refractivity contribution is 5.45. The second kappa shape index (κ2) is 7.06. The fraction of sp³-hybridized carbons (Fsp3) is 0.381. The highest BCUT2D eigenvalue weighted by Gasteiger charge is 2.40. The van der Waals surface area contributed by atoms with Crippen LogP contribution in [0.4, 0.5) is 4.39 Å². The predicted molar refractivity (Wildman–Crippen MR) is 97.2 cm³/mol. The normalized spacial score (nSPS) is 25.0. The second-order valence-corrected chi connectivity index (χ2v) is 7.12. The summed E-state index contributed by atoms with van der Waals surface area (Å²) >= 11 is 0. The summed E-state index contributed by atoms with van der Waals surface area (Å²) < 4.78 is 20.3. The van der Waals surface area contributed by atoms with Crippen LogP contribution in [0.15, 0.2) is 42.5 Å². The summed E-state index contributed by atoms with van der Waals surface area (Å²) in [6, 6.07) is 14.9. The van der Waals surface area contributed by atoms with Crippen molar-refractivity contribution in [2.45, 2.75) is 25.0 Å². The molecule has 0 amide bonds. The van der Waals surface area contributed by atoms with Crippen molar-refractivity contribution < 1.29 is 9.13 Å². The minimum Gasteiger partial charge on any atom is -0.483 e. The molecule has 0 bridgehead atoms. The second-order valence-electron chi connectivity index (χ2n) is 7.12. The number of nitrogens with two attached hydrogens (primary N) is 1. The molecule has 1 aliphatic heterocycles. The van der Waals surface area contributed by atoms with Gasteiger partial charge in [-0.3, -0.25) is 4.90 Å². The molecule has 3 unspecified atom stereocenters. The zero-order valence-corrected chi connectivity index (χ0v) is 14.6. The van der Waals surface area contributed by atoms with Gasteiger partial charge in [0.25, 0.3) is 0 Å². The Morgan fingerprint density at radius 2 is 2.08 bits per heavy atom. The maximum absolute atomic E-state index is 14.0. The monoisotopic (exact) mass is 351 g/mol. The van der Waals surface area contributed by atoms with Gasteiger partial charge in [-0.25, -0.2) is 4.39 Å². The molecule has 1 fully saturated rings. The summed E-state index contributed by atoms with van der Waals surface area (Å²) in [5, 5.41) is 9.32. The fourth-order valence-electron chi connectivity index (χ4n) is 4.20. The number of fused-ring (bicyclic) bond motifs is 1. The lowest BCUT2D eigenvalue weighted by molar-refractivity contribution is 0.0912. The average molecular weight is 351 g/mol. The number of likely N-dealkylation sites (tertiary alicyclic amines) is 1. The molecule has 0 radical (unpaired) electrons.